The second-order valence-electron chi connectivity index (χ2n) is 8.58. The van der Waals surface area contributed by atoms with E-state index in [4.69, 9.17) is 11.6 Å². The van der Waals surface area contributed by atoms with E-state index in [0.29, 0.717) is 23.7 Å². The third-order valence-corrected chi connectivity index (χ3v) is 7.22. The zero-order chi connectivity index (χ0) is 22.9. The van der Waals surface area contributed by atoms with Crippen LogP contribution in [0.5, 0.6) is 0 Å². The summed E-state index contributed by atoms with van der Waals surface area (Å²) in [4.78, 5) is 29.1. The average Bonchev–Trinajstić information content (AvgIpc) is 2.79. The number of benzene rings is 2. The van der Waals surface area contributed by atoms with E-state index in [1.54, 1.807) is 16.7 Å². The van der Waals surface area contributed by atoms with Crippen LogP contribution in [0.3, 0.4) is 0 Å². The molecular formula is C26H33ClN2O2S. The number of nitrogens with one attached hydrogen (secondary N) is 1. The fourth-order valence-electron chi connectivity index (χ4n) is 4.09. The third-order valence-electron chi connectivity index (χ3n) is 5.95. The molecule has 2 aromatic carbocycles. The molecular weight excluding hydrogens is 440 g/mol. The molecule has 1 atom stereocenters. The summed E-state index contributed by atoms with van der Waals surface area (Å²) < 4.78 is 0. The number of hydrogen-bond acceptors (Lipinski definition) is 3. The highest BCUT2D eigenvalue weighted by molar-refractivity contribution is 7.99. The Kier molecular flexibility index (Phi) is 9.49. The van der Waals surface area contributed by atoms with Gasteiger partial charge < -0.3 is 10.2 Å². The van der Waals surface area contributed by atoms with E-state index in [0.717, 1.165) is 41.7 Å². The molecule has 2 aromatic rings. The first-order chi connectivity index (χ1) is 15.4. The van der Waals surface area contributed by atoms with E-state index < -0.39 is 6.04 Å². The number of thioether (sulfide) groups is 1. The minimum atomic E-state index is -0.509. The lowest BCUT2D eigenvalue weighted by molar-refractivity contribution is -0.140. The Hall–Kier alpha value is -1.98. The molecule has 1 N–H and O–H groups in total. The number of amides is 2. The van der Waals surface area contributed by atoms with E-state index in [1.165, 1.54) is 6.42 Å². The van der Waals surface area contributed by atoms with Gasteiger partial charge in [0.25, 0.3) is 0 Å². The largest absolute Gasteiger partial charge is 0.352 e. The van der Waals surface area contributed by atoms with Crippen LogP contribution >= 0.6 is 23.4 Å². The molecule has 0 saturated heterocycles. The van der Waals surface area contributed by atoms with Gasteiger partial charge in [-0.3, -0.25) is 9.59 Å². The van der Waals surface area contributed by atoms with Gasteiger partial charge in [-0.05, 0) is 56.5 Å². The molecule has 1 aliphatic rings. The average molecular weight is 473 g/mol. The lowest BCUT2D eigenvalue weighted by atomic mass is 9.95. The molecule has 32 heavy (non-hydrogen) atoms. The van der Waals surface area contributed by atoms with Crippen LogP contribution in [0.15, 0.2) is 53.4 Å². The maximum Gasteiger partial charge on any atom is 0.242 e. The Morgan fingerprint density at radius 2 is 1.84 bits per heavy atom. The van der Waals surface area contributed by atoms with E-state index in [9.17, 15) is 9.59 Å². The predicted octanol–water partition coefficient (Wildman–Crippen LogP) is 6.00. The van der Waals surface area contributed by atoms with E-state index in [2.05, 4.69) is 11.4 Å². The molecule has 0 aliphatic heterocycles. The predicted molar refractivity (Wildman–Crippen MR) is 133 cm³/mol. The number of carbonyl (C=O) groups is 2. The van der Waals surface area contributed by atoms with Crippen LogP contribution in [0, 0.1) is 6.92 Å². The van der Waals surface area contributed by atoms with Gasteiger partial charge in [-0.15, -0.1) is 11.8 Å². The summed E-state index contributed by atoms with van der Waals surface area (Å²) in [6.45, 7) is 4.32. The molecule has 0 radical (unpaired) electrons. The number of rotatable bonds is 9. The molecule has 0 aromatic heterocycles. The zero-order valence-corrected chi connectivity index (χ0v) is 20.6. The molecule has 6 heteroatoms. The van der Waals surface area contributed by atoms with Crippen LogP contribution in [0.4, 0.5) is 0 Å². The number of aryl methyl sites for hydroxylation is 1. The lowest BCUT2D eigenvalue weighted by Crippen LogP contribution is -2.50. The SMILES string of the molecule is Cc1cccc(CN(C(=O)CCSc2ccc(Cl)cc2)[C@H](C)C(=O)NC2CCCCC2)c1. The van der Waals surface area contributed by atoms with Crippen molar-refractivity contribution in [3.63, 3.8) is 0 Å². The molecule has 1 fully saturated rings. The number of halogens is 1. The van der Waals surface area contributed by atoms with Crippen LogP contribution in [-0.2, 0) is 16.1 Å². The molecule has 4 nitrogen and oxygen atoms in total. The summed E-state index contributed by atoms with van der Waals surface area (Å²) in [6, 6.07) is 15.5. The van der Waals surface area contributed by atoms with Crippen molar-refractivity contribution in [2.24, 2.45) is 0 Å². The molecule has 0 spiro atoms. The molecule has 3 rings (SSSR count). The number of nitrogens with zero attached hydrogens (tertiary/aromatic N) is 1. The maximum absolute atomic E-state index is 13.2. The highest BCUT2D eigenvalue weighted by Crippen LogP contribution is 2.22. The minimum Gasteiger partial charge on any atom is -0.352 e. The summed E-state index contributed by atoms with van der Waals surface area (Å²) >= 11 is 7.58. The van der Waals surface area contributed by atoms with Gasteiger partial charge in [0.15, 0.2) is 0 Å². The van der Waals surface area contributed by atoms with Gasteiger partial charge in [-0.1, -0.05) is 60.7 Å². The fourth-order valence-corrected chi connectivity index (χ4v) is 5.06. The van der Waals surface area contributed by atoms with Gasteiger partial charge in [-0.2, -0.15) is 0 Å². The molecule has 1 saturated carbocycles. The monoisotopic (exact) mass is 472 g/mol. The summed E-state index contributed by atoms with van der Waals surface area (Å²) in [7, 11) is 0. The van der Waals surface area contributed by atoms with Gasteiger partial charge in [0.2, 0.25) is 11.8 Å². The first-order valence-electron chi connectivity index (χ1n) is 11.5. The summed E-state index contributed by atoms with van der Waals surface area (Å²) in [5.41, 5.74) is 2.19. The van der Waals surface area contributed by atoms with Crippen LogP contribution in [0.1, 0.15) is 56.6 Å². The normalized spacial score (nSPS) is 15.2. The van der Waals surface area contributed by atoms with Crippen molar-refractivity contribution < 1.29 is 9.59 Å². The third kappa shape index (κ3) is 7.56. The Labute approximate surface area is 201 Å². The van der Waals surface area contributed by atoms with Crippen molar-refractivity contribution in [1.82, 2.24) is 10.2 Å². The molecule has 2 amide bonds. The quantitative estimate of drug-likeness (QED) is 0.455. The first-order valence-corrected chi connectivity index (χ1v) is 12.8. The smallest absolute Gasteiger partial charge is 0.242 e. The molecule has 172 valence electrons. The van der Waals surface area contributed by atoms with E-state index in [1.807, 2.05) is 56.3 Å². The Morgan fingerprint density at radius 3 is 2.53 bits per heavy atom. The Balaban J connectivity index is 1.64. The first kappa shape index (κ1) is 24.7. The Bertz CT molecular complexity index is 897. The maximum atomic E-state index is 13.2. The summed E-state index contributed by atoms with van der Waals surface area (Å²) in [6.07, 6.45) is 6.00. The lowest BCUT2D eigenvalue weighted by Gasteiger charge is -2.31. The molecule has 0 unspecified atom stereocenters. The van der Waals surface area contributed by atoms with Gasteiger partial charge in [-0.25, -0.2) is 0 Å². The van der Waals surface area contributed by atoms with Crippen molar-refractivity contribution in [3.05, 3.63) is 64.7 Å². The zero-order valence-electron chi connectivity index (χ0n) is 19.0. The van der Waals surface area contributed by atoms with Crippen LogP contribution in [-0.4, -0.2) is 34.6 Å². The number of hydrogen-bond donors (Lipinski definition) is 1. The summed E-state index contributed by atoms with van der Waals surface area (Å²) in [5, 5.41) is 3.89. The van der Waals surface area contributed by atoms with Crippen molar-refractivity contribution in [2.75, 3.05) is 5.75 Å². The topological polar surface area (TPSA) is 49.4 Å². The van der Waals surface area contributed by atoms with Gasteiger partial charge in [0.1, 0.15) is 6.04 Å². The highest BCUT2D eigenvalue weighted by Gasteiger charge is 2.27. The van der Waals surface area contributed by atoms with Gasteiger partial charge in [0.05, 0.1) is 0 Å². The van der Waals surface area contributed by atoms with Crippen molar-refractivity contribution in [2.45, 2.75) is 75.9 Å². The molecule has 1 aliphatic carbocycles. The minimum absolute atomic E-state index is 0.000682. The van der Waals surface area contributed by atoms with Crippen LogP contribution in [0.2, 0.25) is 5.02 Å². The molecule has 0 heterocycles. The van der Waals surface area contributed by atoms with Gasteiger partial charge in [0, 0.05) is 34.7 Å². The Morgan fingerprint density at radius 1 is 1.12 bits per heavy atom. The van der Waals surface area contributed by atoms with Crippen LogP contribution in [0.25, 0.3) is 0 Å². The summed E-state index contributed by atoms with van der Waals surface area (Å²) in [5.74, 6) is 0.601. The van der Waals surface area contributed by atoms with Gasteiger partial charge >= 0.3 is 0 Å². The highest BCUT2D eigenvalue weighted by atomic mass is 35.5. The standard InChI is InChI=1S/C26H33ClN2O2S/c1-19-7-6-8-21(17-19)18-29(20(2)26(31)28-23-9-4-3-5-10-23)25(30)15-16-32-24-13-11-22(27)12-14-24/h6-8,11-14,17,20,23H,3-5,9-10,15-16,18H2,1-2H3,(H,28,31)/t20-/m1/s1. The number of carbonyl (C=O) groups excluding carboxylic acids is 2. The van der Waals surface area contributed by atoms with Crippen molar-refractivity contribution >= 4 is 35.2 Å². The van der Waals surface area contributed by atoms with E-state index in [-0.39, 0.29) is 17.9 Å². The van der Waals surface area contributed by atoms with E-state index >= 15 is 0 Å². The fraction of sp³-hybridized carbons (Fsp3) is 0.462. The second kappa shape index (κ2) is 12.3. The van der Waals surface area contributed by atoms with Crippen molar-refractivity contribution in [3.8, 4) is 0 Å². The van der Waals surface area contributed by atoms with Crippen LogP contribution < -0.4 is 5.32 Å². The second-order valence-corrected chi connectivity index (χ2v) is 10.2. The molecule has 0 bridgehead atoms. The van der Waals surface area contributed by atoms with Crippen molar-refractivity contribution in [1.29, 1.82) is 0 Å².